The number of rotatable bonds is 9. The minimum Gasteiger partial charge on any atom is -0.389 e. The molecule has 0 fully saturated rings. The van der Waals surface area contributed by atoms with Crippen molar-refractivity contribution in [1.29, 1.82) is 0 Å². The molecule has 14 heavy (non-hydrogen) atoms. The molecule has 2 unspecified atom stereocenters. The molecule has 0 spiro atoms. The van der Waals surface area contributed by atoms with E-state index in [9.17, 15) is 5.11 Å². The first-order valence-electron chi connectivity index (χ1n) is 5.53. The van der Waals surface area contributed by atoms with Crippen LogP contribution in [0.4, 0.5) is 0 Å². The maximum Gasteiger partial charge on any atom is 0.0936 e. The van der Waals surface area contributed by atoms with Gasteiger partial charge in [0.1, 0.15) is 0 Å². The van der Waals surface area contributed by atoms with E-state index in [-0.39, 0.29) is 5.38 Å². The lowest BCUT2D eigenvalue weighted by molar-refractivity contribution is 0.0601. The van der Waals surface area contributed by atoms with Crippen molar-refractivity contribution >= 4 is 11.6 Å². The van der Waals surface area contributed by atoms with E-state index < -0.39 is 6.10 Å². The fourth-order valence-corrected chi connectivity index (χ4v) is 1.64. The summed E-state index contributed by atoms with van der Waals surface area (Å²) in [6, 6.07) is 0. The van der Waals surface area contributed by atoms with Crippen LogP contribution in [-0.2, 0) is 4.74 Å². The van der Waals surface area contributed by atoms with Crippen LogP contribution in [0.15, 0.2) is 0 Å². The van der Waals surface area contributed by atoms with Gasteiger partial charge in [0.2, 0.25) is 0 Å². The third kappa shape index (κ3) is 7.60. The largest absolute Gasteiger partial charge is 0.389 e. The highest BCUT2D eigenvalue weighted by molar-refractivity contribution is 6.21. The Hall–Kier alpha value is 0.210. The molecular formula is C11H23ClO2. The minimum absolute atomic E-state index is 0.156. The molecule has 0 aromatic heterocycles. The number of halogens is 1. The lowest BCUT2D eigenvalue weighted by Crippen LogP contribution is -2.25. The molecule has 0 saturated heterocycles. The molecule has 0 saturated carbocycles. The Morgan fingerprint density at radius 1 is 1.21 bits per heavy atom. The molecule has 0 rings (SSSR count). The predicted molar refractivity (Wildman–Crippen MR) is 60.9 cm³/mol. The molecule has 0 heterocycles. The summed E-state index contributed by atoms with van der Waals surface area (Å²) >= 11 is 5.99. The zero-order chi connectivity index (χ0) is 10.8. The predicted octanol–water partition coefficient (Wildman–Crippen LogP) is 2.96. The smallest absolute Gasteiger partial charge is 0.0936 e. The summed E-state index contributed by atoms with van der Waals surface area (Å²) in [5, 5.41) is 9.31. The number of unbranched alkanes of at least 4 members (excludes halogenated alkanes) is 4. The first-order valence-corrected chi connectivity index (χ1v) is 5.97. The van der Waals surface area contributed by atoms with E-state index in [1.807, 2.05) is 0 Å². The molecule has 0 aliphatic heterocycles. The summed E-state index contributed by atoms with van der Waals surface area (Å²) in [5.74, 6) is 0. The molecule has 0 aromatic carbocycles. The zero-order valence-corrected chi connectivity index (χ0v) is 10.1. The first-order chi connectivity index (χ1) is 6.72. The van der Waals surface area contributed by atoms with E-state index in [0.29, 0.717) is 6.61 Å². The van der Waals surface area contributed by atoms with E-state index in [4.69, 9.17) is 16.3 Å². The molecule has 2 atom stereocenters. The van der Waals surface area contributed by atoms with Crippen molar-refractivity contribution in [2.75, 3.05) is 13.7 Å². The van der Waals surface area contributed by atoms with Crippen molar-refractivity contribution < 1.29 is 9.84 Å². The quantitative estimate of drug-likeness (QED) is 0.480. The Labute approximate surface area is 92.6 Å². The van der Waals surface area contributed by atoms with E-state index >= 15 is 0 Å². The third-order valence-corrected chi connectivity index (χ3v) is 2.85. The van der Waals surface area contributed by atoms with Gasteiger partial charge in [0.25, 0.3) is 0 Å². The van der Waals surface area contributed by atoms with E-state index in [1.54, 1.807) is 7.11 Å². The number of hydrogen-bond acceptors (Lipinski definition) is 2. The Bertz CT molecular complexity index is 120. The number of aliphatic hydroxyl groups excluding tert-OH is 1. The Morgan fingerprint density at radius 2 is 1.86 bits per heavy atom. The zero-order valence-electron chi connectivity index (χ0n) is 9.34. The topological polar surface area (TPSA) is 29.5 Å². The summed E-state index contributed by atoms with van der Waals surface area (Å²) in [6.45, 7) is 2.54. The second-order valence-corrected chi connectivity index (χ2v) is 4.30. The second-order valence-electron chi connectivity index (χ2n) is 3.74. The average molecular weight is 223 g/mol. The Balaban J connectivity index is 3.29. The lowest BCUT2D eigenvalue weighted by Gasteiger charge is -2.15. The fraction of sp³-hybridized carbons (Fsp3) is 1.00. The van der Waals surface area contributed by atoms with Crippen LogP contribution >= 0.6 is 11.6 Å². The molecular weight excluding hydrogens is 200 g/mol. The van der Waals surface area contributed by atoms with Gasteiger partial charge < -0.3 is 9.84 Å². The first kappa shape index (κ1) is 14.2. The van der Waals surface area contributed by atoms with E-state index in [2.05, 4.69) is 6.92 Å². The molecule has 0 aliphatic carbocycles. The SMILES string of the molecule is CCCCCCCC(Cl)C(O)COC. The van der Waals surface area contributed by atoms with Gasteiger partial charge in [-0.25, -0.2) is 0 Å². The van der Waals surface area contributed by atoms with Gasteiger partial charge in [-0.15, -0.1) is 11.6 Å². The van der Waals surface area contributed by atoms with Gasteiger partial charge in [0, 0.05) is 7.11 Å². The van der Waals surface area contributed by atoms with E-state index in [0.717, 1.165) is 12.8 Å². The van der Waals surface area contributed by atoms with Crippen LogP contribution in [0.3, 0.4) is 0 Å². The monoisotopic (exact) mass is 222 g/mol. The molecule has 2 nitrogen and oxygen atoms in total. The highest BCUT2D eigenvalue weighted by Crippen LogP contribution is 2.14. The lowest BCUT2D eigenvalue weighted by atomic mass is 10.1. The van der Waals surface area contributed by atoms with Crippen LogP contribution in [0.2, 0.25) is 0 Å². The summed E-state index contributed by atoms with van der Waals surface area (Å²) in [4.78, 5) is 0. The van der Waals surface area contributed by atoms with Crippen LogP contribution < -0.4 is 0 Å². The van der Waals surface area contributed by atoms with Gasteiger partial charge in [-0.2, -0.15) is 0 Å². The third-order valence-electron chi connectivity index (χ3n) is 2.34. The van der Waals surface area contributed by atoms with Crippen LogP contribution in [-0.4, -0.2) is 30.3 Å². The van der Waals surface area contributed by atoms with Crippen molar-refractivity contribution in [1.82, 2.24) is 0 Å². The molecule has 0 bridgehead atoms. The molecule has 1 N–H and O–H groups in total. The summed E-state index contributed by atoms with van der Waals surface area (Å²) in [6.07, 6.45) is 6.53. The fourth-order valence-electron chi connectivity index (χ4n) is 1.41. The Kier molecular flexibility index (Phi) is 9.90. The van der Waals surface area contributed by atoms with Crippen molar-refractivity contribution in [2.24, 2.45) is 0 Å². The van der Waals surface area contributed by atoms with Gasteiger partial charge >= 0.3 is 0 Å². The van der Waals surface area contributed by atoms with Crippen LogP contribution in [0.1, 0.15) is 45.4 Å². The number of methoxy groups -OCH3 is 1. The Morgan fingerprint density at radius 3 is 2.43 bits per heavy atom. The number of ether oxygens (including phenoxy) is 1. The minimum atomic E-state index is -0.521. The summed E-state index contributed by atoms with van der Waals surface area (Å²) in [7, 11) is 1.58. The molecule has 0 radical (unpaired) electrons. The molecule has 0 amide bonds. The standard InChI is InChI=1S/C11H23ClO2/c1-3-4-5-6-7-8-10(12)11(13)9-14-2/h10-11,13H,3-9H2,1-2H3. The van der Waals surface area contributed by atoms with Crippen LogP contribution in [0, 0.1) is 0 Å². The molecule has 3 heteroatoms. The number of alkyl halides is 1. The molecule has 86 valence electrons. The second kappa shape index (κ2) is 9.75. The van der Waals surface area contributed by atoms with Crippen molar-refractivity contribution in [3.63, 3.8) is 0 Å². The van der Waals surface area contributed by atoms with Gasteiger partial charge in [-0.05, 0) is 6.42 Å². The maximum atomic E-state index is 9.46. The van der Waals surface area contributed by atoms with Crippen molar-refractivity contribution in [3.05, 3.63) is 0 Å². The highest BCUT2D eigenvalue weighted by atomic mass is 35.5. The maximum absolute atomic E-state index is 9.46. The van der Waals surface area contributed by atoms with Crippen LogP contribution in [0.25, 0.3) is 0 Å². The average Bonchev–Trinajstić information content (AvgIpc) is 2.17. The van der Waals surface area contributed by atoms with Crippen molar-refractivity contribution in [2.45, 2.75) is 56.9 Å². The van der Waals surface area contributed by atoms with Crippen LogP contribution in [0.5, 0.6) is 0 Å². The summed E-state index contributed by atoms with van der Waals surface area (Å²) < 4.78 is 4.84. The number of aliphatic hydroxyl groups is 1. The highest BCUT2D eigenvalue weighted by Gasteiger charge is 2.15. The van der Waals surface area contributed by atoms with Gasteiger partial charge in [-0.3, -0.25) is 0 Å². The number of hydrogen-bond donors (Lipinski definition) is 1. The van der Waals surface area contributed by atoms with Gasteiger partial charge in [0.05, 0.1) is 18.1 Å². The molecule has 0 aliphatic rings. The van der Waals surface area contributed by atoms with Gasteiger partial charge in [-0.1, -0.05) is 39.0 Å². The van der Waals surface area contributed by atoms with E-state index in [1.165, 1.54) is 25.7 Å². The summed E-state index contributed by atoms with van der Waals surface area (Å²) in [5.41, 5.74) is 0. The van der Waals surface area contributed by atoms with Gasteiger partial charge in [0.15, 0.2) is 0 Å². The normalized spacial score (nSPS) is 15.4. The van der Waals surface area contributed by atoms with Crippen molar-refractivity contribution in [3.8, 4) is 0 Å². The molecule has 0 aromatic rings.